The van der Waals surface area contributed by atoms with E-state index in [9.17, 15) is 9.59 Å². The van der Waals surface area contributed by atoms with Crippen molar-refractivity contribution in [1.82, 2.24) is 5.23 Å². The zero-order valence-electron chi connectivity index (χ0n) is 14.5. The van der Waals surface area contributed by atoms with Gasteiger partial charge in [-0.05, 0) is 30.7 Å². The van der Waals surface area contributed by atoms with E-state index in [1.54, 1.807) is 60.7 Å². The number of para-hydroxylation sites is 2. The number of hydrogen-bond donors (Lipinski definition) is 0. The van der Waals surface area contributed by atoms with Crippen molar-refractivity contribution in [1.29, 1.82) is 0 Å². The second-order valence-corrected chi connectivity index (χ2v) is 5.28. The molecule has 7 heteroatoms. The van der Waals surface area contributed by atoms with E-state index in [1.165, 1.54) is 0 Å². The van der Waals surface area contributed by atoms with Crippen LogP contribution in [0.2, 0.25) is 0 Å². The van der Waals surface area contributed by atoms with Crippen LogP contribution in [0.3, 0.4) is 0 Å². The highest BCUT2D eigenvalue weighted by molar-refractivity contribution is 5.64. The third-order valence-corrected chi connectivity index (χ3v) is 3.19. The zero-order chi connectivity index (χ0) is 18.6. The van der Waals surface area contributed by atoms with Crippen molar-refractivity contribution < 1.29 is 28.7 Å². The molecule has 0 aromatic heterocycles. The molecule has 2 aromatic carbocycles. The molecule has 0 N–H and O–H groups in total. The fourth-order valence-corrected chi connectivity index (χ4v) is 1.97. The van der Waals surface area contributed by atoms with Gasteiger partial charge in [-0.15, -0.1) is 0 Å². The summed E-state index contributed by atoms with van der Waals surface area (Å²) in [6, 6.07) is 16.9. The van der Waals surface area contributed by atoms with Crippen LogP contribution >= 0.6 is 0 Å². The number of rotatable bonds is 8. The smallest absolute Gasteiger partial charge is 0.394 e. The lowest BCUT2D eigenvalue weighted by atomic mass is 10.2. The maximum atomic E-state index is 11.9. The lowest BCUT2D eigenvalue weighted by molar-refractivity contribution is -0.308. The van der Waals surface area contributed by atoms with Gasteiger partial charge in [0.25, 0.3) is 0 Å². The highest BCUT2D eigenvalue weighted by atomic mass is 17.0. The zero-order valence-corrected chi connectivity index (χ0v) is 14.5. The standard InChI is InChI=1S/C19H21NO6/c1-2-3-10-15-20(25-18(21)23-16-11-6-4-7-12-16)26-19(22)24-17-13-8-5-9-14-17/h4-9,11-14H,2-3,10,15H2,1H3. The molecule has 0 aliphatic heterocycles. The van der Waals surface area contributed by atoms with E-state index >= 15 is 0 Å². The van der Waals surface area contributed by atoms with Crippen LogP contribution in [0.5, 0.6) is 11.5 Å². The molecule has 2 aromatic rings. The second-order valence-electron chi connectivity index (χ2n) is 5.28. The summed E-state index contributed by atoms with van der Waals surface area (Å²) in [5.74, 6) is 0.635. The maximum absolute atomic E-state index is 11.9. The molecule has 2 rings (SSSR count). The summed E-state index contributed by atoms with van der Waals surface area (Å²) in [6.07, 6.45) is 0.468. The molecule has 0 saturated carbocycles. The van der Waals surface area contributed by atoms with Gasteiger partial charge in [0, 0.05) is 5.23 Å². The first-order valence-electron chi connectivity index (χ1n) is 8.34. The van der Waals surface area contributed by atoms with Crippen molar-refractivity contribution in [2.75, 3.05) is 6.54 Å². The van der Waals surface area contributed by atoms with Crippen LogP contribution in [0.4, 0.5) is 9.59 Å². The van der Waals surface area contributed by atoms with E-state index in [-0.39, 0.29) is 6.54 Å². The summed E-state index contributed by atoms with van der Waals surface area (Å²) >= 11 is 0. The summed E-state index contributed by atoms with van der Waals surface area (Å²) in [5.41, 5.74) is 0. The highest BCUT2D eigenvalue weighted by Crippen LogP contribution is 2.12. The molecule has 7 nitrogen and oxygen atoms in total. The van der Waals surface area contributed by atoms with Crippen LogP contribution < -0.4 is 9.47 Å². The minimum absolute atomic E-state index is 0.196. The monoisotopic (exact) mass is 359 g/mol. The first-order chi connectivity index (χ1) is 12.7. The SMILES string of the molecule is CCCCCN(OC(=O)Oc1ccccc1)OC(=O)Oc1ccccc1. The van der Waals surface area contributed by atoms with Crippen LogP contribution in [0, 0.1) is 0 Å². The Hall–Kier alpha value is -3.06. The highest BCUT2D eigenvalue weighted by Gasteiger charge is 2.20. The van der Waals surface area contributed by atoms with Crippen molar-refractivity contribution in [3.63, 3.8) is 0 Å². The summed E-state index contributed by atoms with van der Waals surface area (Å²) < 4.78 is 10.0. The van der Waals surface area contributed by atoms with Crippen molar-refractivity contribution in [3.8, 4) is 11.5 Å². The molecule has 0 bridgehead atoms. The number of carbonyl (C=O) groups is 2. The predicted molar refractivity (Wildman–Crippen MR) is 93.3 cm³/mol. The Balaban J connectivity index is 1.89. The second kappa shape index (κ2) is 10.7. The predicted octanol–water partition coefficient (Wildman–Crippen LogP) is 4.74. The average Bonchev–Trinajstić information content (AvgIpc) is 2.63. The number of nitrogens with zero attached hydrogens (tertiary/aromatic N) is 1. The Labute approximate surface area is 151 Å². The van der Waals surface area contributed by atoms with E-state index in [0.29, 0.717) is 17.9 Å². The van der Waals surface area contributed by atoms with Gasteiger partial charge in [0.15, 0.2) is 0 Å². The van der Waals surface area contributed by atoms with Gasteiger partial charge in [-0.3, -0.25) is 9.68 Å². The molecular formula is C19H21NO6. The fourth-order valence-electron chi connectivity index (χ4n) is 1.97. The summed E-state index contributed by atoms with van der Waals surface area (Å²) in [7, 11) is 0. The molecule has 0 aliphatic rings. The number of unbranched alkanes of at least 4 members (excludes halogenated alkanes) is 2. The molecule has 0 radical (unpaired) electrons. The van der Waals surface area contributed by atoms with Crippen molar-refractivity contribution in [2.45, 2.75) is 26.2 Å². The molecule has 0 atom stereocenters. The molecule has 0 heterocycles. The van der Waals surface area contributed by atoms with Gasteiger partial charge in [0.1, 0.15) is 11.5 Å². The van der Waals surface area contributed by atoms with Crippen molar-refractivity contribution in [2.24, 2.45) is 0 Å². The first-order valence-corrected chi connectivity index (χ1v) is 8.34. The third kappa shape index (κ3) is 7.23. The Morgan fingerprint density at radius 3 is 1.65 bits per heavy atom. The summed E-state index contributed by atoms with van der Waals surface area (Å²) in [4.78, 5) is 33.7. The van der Waals surface area contributed by atoms with E-state index in [0.717, 1.165) is 18.1 Å². The lowest BCUT2D eigenvalue weighted by Gasteiger charge is -2.18. The Kier molecular flexibility index (Phi) is 7.95. The molecule has 138 valence electrons. The molecule has 0 unspecified atom stereocenters. The van der Waals surface area contributed by atoms with Gasteiger partial charge in [-0.25, -0.2) is 9.59 Å². The van der Waals surface area contributed by atoms with E-state index in [4.69, 9.17) is 19.1 Å². The van der Waals surface area contributed by atoms with Gasteiger partial charge in [-0.1, -0.05) is 56.2 Å². The quantitative estimate of drug-likeness (QED) is 0.292. The Bertz CT molecular complexity index is 621. The van der Waals surface area contributed by atoms with Crippen LogP contribution in [0.1, 0.15) is 26.2 Å². The molecule has 0 fully saturated rings. The summed E-state index contributed by atoms with van der Waals surface area (Å²) in [5, 5.41) is 0.770. The molecule has 0 aliphatic carbocycles. The van der Waals surface area contributed by atoms with Crippen LogP contribution in [-0.2, 0) is 9.68 Å². The number of carbonyl (C=O) groups excluding carboxylic acids is 2. The van der Waals surface area contributed by atoms with Crippen LogP contribution in [0.25, 0.3) is 0 Å². The van der Waals surface area contributed by atoms with Gasteiger partial charge in [0.05, 0.1) is 6.54 Å². The van der Waals surface area contributed by atoms with Gasteiger partial charge in [0.2, 0.25) is 0 Å². The van der Waals surface area contributed by atoms with Crippen molar-refractivity contribution in [3.05, 3.63) is 60.7 Å². The normalized spacial score (nSPS) is 10.2. The molecular weight excluding hydrogens is 338 g/mol. The minimum Gasteiger partial charge on any atom is -0.394 e. The number of hydroxylamine groups is 2. The van der Waals surface area contributed by atoms with E-state index < -0.39 is 12.3 Å². The number of benzene rings is 2. The maximum Gasteiger partial charge on any atom is 0.536 e. The molecule has 0 amide bonds. The van der Waals surface area contributed by atoms with E-state index in [1.807, 2.05) is 6.92 Å². The largest absolute Gasteiger partial charge is 0.536 e. The third-order valence-electron chi connectivity index (χ3n) is 3.19. The van der Waals surface area contributed by atoms with Gasteiger partial charge in [-0.2, -0.15) is 0 Å². The Morgan fingerprint density at radius 1 is 0.769 bits per heavy atom. The fraction of sp³-hybridized carbons (Fsp3) is 0.263. The molecule has 26 heavy (non-hydrogen) atoms. The Morgan fingerprint density at radius 2 is 1.23 bits per heavy atom. The van der Waals surface area contributed by atoms with Gasteiger partial charge < -0.3 is 9.47 Å². The van der Waals surface area contributed by atoms with Crippen LogP contribution in [0.15, 0.2) is 60.7 Å². The van der Waals surface area contributed by atoms with Crippen LogP contribution in [-0.4, -0.2) is 24.1 Å². The number of hydrogen-bond acceptors (Lipinski definition) is 7. The topological polar surface area (TPSA) is 74.3 Å². The number of ether oxygens (including phenoxy) is 2. The minimum atomic E-state index is -1.01. The molecule has 0 saturated heterocycles. The van der Waals surface area contributed by atoms with Crippen molar-refractivity contribution >= 4 is 12.3 Å². The average molecular weight is 359 g/mol. The summed E-state index contributed by atoms with van der Waals surface area (Å²) in [6.45, 7) is 2.22. The molecule has 0 spiro atoms. The van der Waals surface area contributed by atoms with Gasteiger partial charge >= 0.3 is 12.3 Å². The van der Waals surface area contributed by atoms with E-state index in [2.05, 4.69) is 0 Å². The first kappa shape index (κ1) is 19.3. The lowest BCUT2D eigenvalue weighted by Crippen LogP contribution is -2.33.